The third-order valence-corrected chi connectivity index (χ3v) is 5.24. The summed E-state index contributed by atoms with van der Waals surface area (Å²) in [5.41, 5.74) is 2.03. The van der Waals surface area contributed by atoms with Crippen LogP contribution in [-0.4, -0.2) is 31.2 Å². The lowest BCUT2D eigenvalue weighted by atomic mass is 10.2. The molecule has 0 N–H and O–H groups in total. The van der Waals surface area contributed by atoms with E-state index in [1.54, 1.807) is 48.5 Å². The average molecular weight is 398 g/mol. The molecule has 1 amide bonds. The molecule has 0 aliphatic carbocycles. The number of aromatic nitrogens is 1. The summed E-state index contributed by atoms with van der Waals surface area (Å²) in [6.45, 7) is 0.780. The lowest BCUT2D eigenvalue weighted by molar-refractivity contribution is 0.0979. The number of benzene rings is 2. The second-order valence-electron chi connectivity index (χ2n) is 5.62. The number of carbonyl (C=O) groups excluding carboxylic acids is 1. The van der Waals surface area contributed by atoms with Crippen LogP contribution in [0.5, 0.6) is 0 Å². The minimum atomic E-state index is -0.174. The molecule has 27 heavy (non-hydrogen) atoms. The topological polar surface area (TPSA) is 66.2 Å². The van der Waals surface area contributed by atoms with Crippen molar-refractivity contribution in [3.63, 3.8) is 0 Å². The molecule has 0 saturated carbocycles. The van der Waals surface area contributed by atoms with E-state index in [9.17, 15) is 4.79 Å². The molecule has 2 aromatic carbocycles. The first-order valence-electron chi connectivity index (χ1n) is 8.15. The smallest absolute Gasteiger partial charge is 0.270 e. The number of thiazole rings is 1. The Hall–Kier alpha value is -2.72. The van der Waals surface area contributed by atoms with Crippen LogP contribution in [0.25, 0.3) is 10.6 Å². The monoisotopic (exact) mass is 397 g/mol. The second kappa shape index (κ2) is 8.78. The average Bonchev–Trinajstić information content (AvgIpc) is 3.19. The van der Waals surface area contributed by atoms with Crippen molar-refractivity contribution in [2.75, 3.05) is 25.2 Å². The van der Waals surface area contributed by atoms with Gasteiger partial charge in [-0.1, -0.05) is 29.8 Å². The molecule has 0 spiro atoms. The number of carbonyl (C=O) groups is 1. The van der Waals surface area contributed by atoms with Gasteiger partial charge in [0.2, 0.25) is 0 Å². The van der Waals surface area contributed by atoms with Crippen molar-refractivity contribution in [1.82, 2.24) is 4.98 Å². The Labute approximate surface area is 166 Å². The summed E-state index contributed by atoms with van der Waals surface area (Å²) in [4.78, 5) is 19.6. The van der Waals surface area contributed by atoms with Crippen molar-refractivity contribution in [3.8, 4) is 16.6 Å². The summed E-state index contributed by atoms with van der Waals surface area (Å²) in [5.74, 6) is -0.174. The molecule has 3 rings (SSSR count). The molecule has 0 radical (unpaired) electrons. The zero-order valence-electron chi connectivity index (χ0n) is 14.6. The molecular formula is C20H16ClN3O2S. The molecule has 0 bridgehead atoms. The van der Waals surface area contributed by atoms with Crippen LogP contribution in [-0.2, 0) is 4.74 Å². The van der Waals surface area contributed by atoms with Gasteiger partial charge < -0.3 is 9.64 Å². The van der Waals surface area contributed by atoms with Gasteiger partial charge in [0.1, 0.15) is 9.88 Å². The molecule has 1 aromatic heterocycles. The zero-order chi connectivity index (χ0) is 19.2. The van der Waals surface area contributed by atoms with E-state index in [0.717, 1.165) is 5.56 Å². The van der Waals surface area contributed by atoms with E-state index in [-0.39, 0.29) is 5.91 Å². The SMILES string of the molecule is COCCN(C(=O)c1cnc(-c2ccccc2Cl)s1)c1ccc(C#N)cc1. The Kier molecular flexibility index (Phi) is 6.20. The van der Waals surface area contributed by atoms with Gasteiger partial charge in [0.15, 0.2) is 0 Å². The van der Waals surface area contributed by atoms with Gasteiger partial charge >= 0.3 is 0 Å². The molecule has 1 heterocycles. The lowest BCUT2D eigenvalue weighted by Gasteiger charge is -2.21. The molecule has 0 atom stereocenters. The third-order valence-electron chi connectivity index (χ3n) is 3.89. The fraction of sp³-hybridized carbons (Fsp3) is 0.150. The van der Waals surface area contributed by atoms with E-state index < -0.39 is 0 Å². The van der Waals surface area contributed by atoms with Gasteiger partial charge in [-0.2, -0.15) is 5.26 Å². The van der Waals surface area contributed by atoms with Gasteiger partial charge in [-0.15, -0.1) is 11.3 Å². The van der Waals surface area contributed by atoms with Gasteiger partial charge in [-0.05, 0) is 30.3 Å². The summed E-state index contributed by atoms with van der Waals surface area (Å²) in [6, 6.07) is 16.3. The number of nitriles is 1. The largest absolute Gasteiger partial charge is 0.383 e. The molecule has 3 aromatic rings. The van der Waals surface area contributed by atoms with Crippen molar-refractivity contribution in [2.24, 2.45) is 0 Å². The first kappa shape index (κ1) is 19.1. The fourth-order valence-corrected chi connectivity index (χ4v) is 3.70. The summed E-state index contributed by atoms with van der Waals surface area (Å²) in [5, 5.41) is 10.2. The maximum atomic E-state index is 13.1. The van der Waals surface area contributed by atoms with Crippen LogP contribution in [0, 0.1) is 11.3 Å². The van der Waals surface area contributed by atoms with Crippen LogP contribution < -0.4 is 4.90 Å². The Morgan fingerprint density at radius 1 is 1.26 bits per heavy atom. The van der Waals surface area contributed by atoms with Crippen molar-refractivity contribution < 1.29 is 9.53 Å². The minimum Gasteiger partial charge on any atom is -0.383 e. The van der Waals surface area contributed by atoms with Crippen LogP contribution in [0.3, 0.4) is 0 Å². The highest BCUT2D eigenvalue weighted by atomic mass is 35.5. The lowest BCUT2D eigenvalue weighted by Crippen LogP contribution is -2.33. The van der Waals surface area contributed by atoms with Crippen LogP contribution in [0.1, 0.15) is 15.2 Å². The number of rotatable bonds is 6. The van der Waals surface area contributed by atoms with Crippen LogP contribution in [0.4, 0.5) is 5.69 Å². The summed E-state index contributed by atoms with van der Waals surface area (Å²) in [7, 11) is 1.59. The van der Waals surface area contributed by atoms with E-state index in [1.165, 1.54) is 11.3 Å². The van der Waals surface area contributed by atoms with Gasteiger partial charge in [-0.25, -0.2) is 4.98 Å². The van der Waals surface area contributed by atoms with E-state index in [1.807, 2.05) is 18.2 Å². The van der Waals surface area contributed by atoms with Crippen molar-refractivity contribution in [1.29, 1.82) is 5.26 Å². The second-order valence-corrected chi connectivity index (χ2v) is 7.06. The number of hydrogen-bond acceptors (Lipinski definition) is 5. The summed E-state index contributed by atoms with van der Waals surface area (Å²) < 4.78 is 5.14. The third kappa shape index (κ3) is 4.34. The molecule has 136 valence electrons. The number of hydrogen-bond donors (Lipinski definition) is 0. The standard InChI is InChI=1S/C20H16ClN3O2S/c1-26-11-10-24(15-8-6-14(12-22)7-9-15)20(25)18-13-23-19(27-18)16-4-2-3-5-17(16)21/h2-9,13H,10-11H2,1H3. The van der Waals surface area contributed by atoms with Gasteiger partial charge in [0.25, 0.3) is 5.91 Å². The number of methoxy groups -OCH3 is 1. The molecular weight excluding hydrogens is 382 g/mol. The number of amides is 1. The summed E-state index contributed by atoms with van der Waals surface area (Å²) in [6.07, 6.45) is 1.56. The normalized spacial score (nSPS) is 10.4. The minimum absolute atomic E-state index is 0.174. The van der Waals surface area contributed by atoms with Crippen LogP contribution in [0.15, 0.2) is 54.7 Å². The molecule has 0 saturated heterocycles. The Morgan fingerprint density at radius 3 is 2.67 bits per heavy atom. The Morgan fingerprint density at radius 2 is 2.00 bits per heavy atom. The van der Waals surface area contributed by atoms with Crippen molar-refractivity contribution in [2.45, 2.75) is 0 Å². The number of nitrogens with zero attached hydrogens (tertiary/aromatic N) is 3. The highest BCUT2D eigenvalue weighted by Gasteiger charge is 2.21. The highest BCUT2D eigenvalue weighted by molar-refractivity contribution is 7.17. The van der Waals surface area contributed by atoms with Gasteiger partial charge in [-0.3, -0.25) is 4.79 Å². The fourth-order valence-electron chi connectivity index (χ4n) is 2.51. The molecule has 0 aliphatic rings. The predicted octanol–water partition coefficient (Wildman–Crippen LogP) is 4.63. The first-order valence-corrected chi connectivity index (χ1v) is 9.35. The van der Waals surface area contributed by atoms with Gasteiger partial charge in [0.05, 0.1) is 29.5 Å². The van der Waals surface area contributed by atoms with Crippen molar-refractivity contribution >= 4 is 34.5 Å². The summed E-state index contributed by atoms with van der Waals surface area (Å²) >= 11 is 7.52. The number of anilines is 1. The Balaban J connectivity index is 1.90. The highest BCUT2D eigenvalue weighted by Crippen LogP contribution is 2.32. The number of halogens is 1. The predicted molar refractivity (Wildman–Crippen MR) is 107 cm³/mol. The molecule has 0 aliphatic heterocycles. The molecule has 7 heteroatoms. The Bertz CT molecular complexity index is 979. The van der Waals surface area contributed by atoms with E-state index in [0.29, 0.717) is 39.3 Å². The molecule has 5 nitrogen and oxygen atoms in total. The van der Waals surface area contributed by atoms with E-state index in [4.69, 9.17) is 21.6 Å². The zero-order valence-corrected chi connectivity index (χ0v) is 16.1. The van der Waals surface area contributed by atoms with E-state index in [2.05, 4.69) is 11.1 Å². The maximum Gasteiger partial charge on any atom is 0.270 e. The quantitative estimate of drug-likeness (QED) is 0.608. The molecule has 0 unspecified atom stereocenters. The number of ether oxygens (including phenoxy) is 1. The van der Waals surface area contributed by atoms with Crippen LogP contribution >= 0.6 is 22.9 Å². The van der Waals surface area contributed by atoms with E-state index >= 15 is 0 Å². The maximum absolute atomic E-state index is 13.1. The van der Waals surface area contributed by atoms with Crippen LogP contribution in [0.2, 0.25) is 5.02 Å². The van der Waals surface area contributed by atoms with Crippen molar-refractivity contribution in [3.05, 3.63) is 70.2 Å². The van der Waals surface area contributed by atoms with Gasteiger partial charge in [0, 0.05) is 24.9 Å². The molecule has 0 fully saturated rings. The first-order chi connectivity index (χ1) is 13.1.